The molecule has 4 aromatic rings. The third-order valence-corrected chi connectivity index (χ3v) is 6.99. The number of carbonyl (C=O) groups is 2. The van der Waals surface area contributed by atoms with Crippen LogP contribution in [0.25, 0.3) is 0 Å². The van der Waals surface area contributed by atoms with E-state index in [2.05, 4.69) is 30.6 Å². The van der Waals surface area contributed by atoms with Crippen molar-refractivity contribution in [2.75, 3.05) is 20.8 Å². The van der Waals surface area contributed by atoms with E-state index in [-0.39, 0.29) is 17.9 Å². The van der Waals surface area contributed by atoms with Crippen molar-refractivity contribution >= 4 is 35.1 Å². The molecule has 0 atom stereocenters. The predicted molar refractivity (Wildman–Crippen MR) is 166 cm³/mol. The Morgan fingerprint density at radius 2 is 1.40 bits per heavy atom. The van der Waals surface area contributed by atoms with Crippen molar-refractivity contribution in [3.63, 3.8) is 0 Å². The molecule has 43 heavy (non-hydrogen) atoms. The van der Waals surface area contributed by atoms with Crippen molar-refractivity contribution in [1.29, 1.82) is 0 Å². The van der Waals surface area contributed by atoms with Crippen LogP contribution >= 0.6 is 0 Å². The molecule has 0 radical (unpaired) electrons. The SMILES string of the molecule is Cc1cnc(NC(=O)c2ccc(N(O)C(C)(C)C)cc2)[nH]1.O=C(Nc1ncc[nH]1)c1ccc(N(O)C2CCCCC2)cc1. The highest BCUT2D eigenvalue weighted by molar-refractivity contribution is 6.04. The van der Waals surface area contributed by atoms with Crippen molar-refractivity contribution in [3.8, 4) is 0 Å². The van der Waals surface area contributed by atoms with Gasteiger partial charge in [0.05, 0.1) is 23.0 Å². The van der Waals surface area contributed by atoms with Gasteiger partial charge in [-0.1, -0.05) is 19.3 Å². The fraction of sp³-hybridized carbons (Fsp3) is 0.355. The van der Waals surface area contributed by atoms with E-state index >= 15 is 0 Å². The topological polar surface area (TPSA) is 162 Å². The standard InChI is InChI=1S/C16H20N4O2.C15H20N4O2/c21-15(19-16-17-10-11-18-16)12-6-8-14(9-7-12)20(22)13-4-2-1-3-5-13;1-10-9-16-14(17-10)18-13(20)11-5-7-12(8-6-11)19(21)15(2,3)4/h6-11,13,22H,1-5H2,(H2,17,18,19,21);5-9,21H,1-4H3,(H2,16,17,18,20). The zero-order chi connectivity index (χ0) is 31.0. The van der Waals surface area contributed by atoms with Gasteiger partial charge in [-0.3, -0.25) is 40.8 Å². The number of aromatic nitrogens is 4. The number of hydrogen-bond acceptors (Lipinski definition) is 8. The Morgan fingerprint density at radius 1 is 0.837 bits per heavy atom. The second kappa shape index (κ2) is 14.0. The molecule has 0 aliphatic heterocycles. The molecule has 1 fully saturated rings. The Labute approximate surface area is 251 Å². The molecular weight excluding hydrogens is 548 g/mol. The summed E-state index contributed by atoms with van der Waals surface area (Å²) < 4.78 is 0. The second-order valence-electron chi connectivity index (χ2n) is 11.5. The lowest BCUT2D eigenvalue weighted by atomic mass is 9.95. The number of amides is 2. The maximum Gasteiger partial charge on any atom is 0.257 e. The number of H-pyrrole nitrogens is 2. The van der Waals surface area contributed by atoms with Gasteiger partial charge in [-0.25, -0.2) is 9.97 Å². The van der Waals surface area contributed by atoms with Crippen LogP contribution in [0.2, 0.25) is 0 Å². The van der Waals surface area contributed by atoms with Crippen molar-refractivity contribution in [2.45, 2.75) is 71.4 Å². The first-order chi connectivity index (χ1) is 20.5. The highest BCUT2D eigenvalue weighted by atomic mass is 16.5. The second-order valence-corrected chi connectivity index (χ2v) is 11.5. The number of aryl methyl sites for hydroxylation is 1. The third-order valence-electron chi connectivity index (χ3n) is 6.99. The number of anilines is 4. The Bertz CT molecular complexity index is 1450. The fourth-order valence-electron chi connectivity index (χ4n) is 4.61. The molecule has 6 N–H and O–H groups in total. The molecule has 1 aliphatic rings. The molecule has 0 saturated heterocycles. The summed E-state index contributed by atoms with van der Waals surface area (Å²) in [4.78, 5) is 37.8. The summed E-state index contributed by atoms with van der Waals surface area (Å²) in [7, 11) is 0. The first kappa shape index (κ1) is 31.3. The van der Waals surface area contributed by atoms with Gasteiger partial charge >= 0.3 is 0 Å². The van der Waals surface area contributed by atoms with Gasteiger partial charge in [0.1, 0.15) is 0 Å². The van der Waals surface area contributed by atoms with Crippen LogP contribution in [0.5, 0.6) is 0 Å². The van der Waals surface area contributed by atoms with Crippen molar-refractivity contribution in [1.82, 2.24) is 19.9 Å². The molecule has 12 nitrogen and oxygen atoms in total. The number of aromatic amines is 2. The molecule has 2 heterocycles. The monoisotopic (exact) mass is 588 g/mol. The molecule has 0 bridgehead atoms. The number of nitrogens with one attached hydrogen (secondary N) is 4. The van der Waals surface area contributed by atoms with Crippen LogP contribution in [-0.4, -0.2) is 53.7 Å². The van der Waals surface area contributed by atoms with Gasteiger partial charge in [-0.05, 0) is 89.1 Å². The number of rotatable bonds is 7. The minimum Gasteiger partial charge on any atom is -0.331 e. The average molecular weight is 589 g/mol. The molecule has 12 heteroatoms. The number of imidazole rings is 2. The highest BCUT2D eigenvalue weighted by Crippen LogP contribution is 2.26. The Hall–Kier alpha value is -4.68. The lowest BCUT2D eigenvalue weighted by Gasteiger charge is -2.31. The van der Waals surface area contributed by atoms with Gasteiger partial charge in [0.15, 0.2) is 0 Å². The molecular formula is C31H40N8O4. The first-order valence-corrected chi connectivity index (χ1v) is 14.3. The van der Waals surface area contributed by atoms with E-state index in [1.807, 2.05) is 27.7 Å². The normalized spacial score (nSPS) is 13.4. The molecule has 0 unspecified atom stereocenters. The maximum absolute atomic E-state index is 12.1. The molecule has 1 saturated carbocycles. The summed E-state index contributed by atoms with van der Waals surface area (Å²) in [5, 5.41) is 28.2. The fourth-order valence-corrected chi connectivity index (χ4v) is 4.61. The van der Waals surface area contributed by atoms with Gasteiger partial charge in [0.25, 0.3) is 11.8 Å². The molecule has 1 aliphatic carbocycles. The summed E-state index contributed by atoms with van der Waals surface area (Å²) in [5.74, 6) is 0.347. The summed E-state index contributed by atoms with van der Waals surface area (Å²) in [5.41, 5.74) is 2.85. The Morgan fingerprint density at radius 3 is 1.88 bits per heavy atom. The molecule has 228 valence electrons. The predicted octanol–water partition coefficient (Wildman–Crippen LogP) is 6.15. The van der Waals surface area contributed by atoms with Crippen LogP contribution in [0.4, 0.5) is 23.3 Å². The van der Waals surface area contributed by atoms with E-state index in [0.717, 1.165) is 37.1 Å². The number of carbonyl (C=O) groups excluding carboxylic acids is 2. The molecule has 0 spiro atoms. The number of hydrogen-bond donors (Lipinski definition) is 6. The number of nitrogens with zero attached hydrogens (tertiary/aromatic N) is 4. The minimum atomic E-state index is -0.407. The van der Waals surface area contributed by atoms with Crippen molar-refractivity contribution < 1.29 is 20.0 Å². The molecule has 2 aromatic carbocycles. The van der Waals surface area contributed by atoms with E-state index in [1.165, 1.54) is 16.5 Å². The van der Waals surface area contributed by atoms with Crippen LogP contribution < -0.4 is 20.8 Å². The van der Waals surface area contributed by atoms with E-state index < -0.39 is 5.54 Å². The lowest BCUT2D eigenvalue weighted by molar-refractivity contribution is 0.101. The van der Waals surface area contributed by atoms with Crippen LogP contribution in [0.3, 0.4) is 0 Å². The van der Waals surface area contributed by atoms with E-state index in [0.29, 0.717) is 28.7 Å². The molecule has 5 rings (SSSR count). The van der Waals surface area contributed by atoms with E-state index in [4.69, 9.17) is 0 Å². The summed E-state index contributed by atoms with van der Waals surface area (Å²) >= 11 is 0. The van der Waals surface area contributed by atoms with Gasteiger partial charge in [0.2, 0.25) is 11.9 Å². The summed E-state index contributed by atoms with van der Waals surface area (Å²) in [6.45, 7) is 7.55. The highest BCUT2D eigenvalue weighted by Gasteiger charge is 2.21. The number of hydroxylamine groups is 2. The van der Waals surface area contributed by atoms with Crippen LogP contribution in [-0.2, 0) is 0 Å². The largest absolute Gasteiger partial charge is 0.331 e. The molecule has 2 amide bonds. The summed E-state index contributed by atoms with van der Waals surface area (Å²) in [6.07, 6.45) is 10.5. The van der Waals surface area contributed by atoms with Gasteiger partial charge in [-0.2, -0.15) is 0 Å². The number of benzene rings is 2. The zero-order valence-electron chi connectivity index (χ0n) is 25.0. The maximum atomic E-state index is 12.1. The van der Waals surface area contributed by atoms with E-state index in [9.17, 15) is 20.0 Å². The third kappa shape index (κ3) is 8.66. The zero-order valence-corrected chi connectivity index (χ0v) is 25.0. The van der Waals surface area contributed by atoms with Gasteiger partial charge < -0.3 is 9.97 Å². The van der Waals surface area contributed by atoms with Crippen LogP contribution in [0, 0.1) is 6.92 Å². The smallest absolute Gasteiger partial charge is 0.257 e. The lowest BCUT2D eigenvalue weighted by Crippen LogP contribution is -2.38. The average Bonchev–Trinajstić information content (AvgIpc) is 3.68. The van der Waals surface area contributed by atoms with Crippen LogP contribution in [0.15, 0.2) is 67.1 Å². The van der Waals surface area contributed by atoms with Gasteiger partial charge in [-0.15, -0.1) is 0 Å². The summed E-state index contributed by atoms with van der Waals surface area (Å²) in [6, 6.07) is 13.9. The first-order valence-electron chi connectivity index (χ1n) is 14.3. The Balaban J connectivity index is 0.000000197. The van der Waals surface area contributed by atoms with Crippen molar-refractivity contribution in [2.24, 2.45) is 0 Å². The molecule has 2 aromatic heterocycles. The van der Waals surface area contributed by atoms with Gasteiger partial charge in [0, 0.05) is 35.4 Å². The minimum absolute atomic E-state index is 0.177. The van der Waals surface area contributed by atoms with Crippen molar-refractivity contribution in [3.05, 3.63) is 83.9 Å². The van der Waals surface area contributed by atoms with Crippen LogP contribution in [0.1, 0.15) is 79.3 Å². The Kier molecular flexibility index (Phi) is 10.2. The van der Waals surface area contributed by atoms with E-state index in [1.54, 1.807) is 67.1 Å². The quantitative estimate of drug-likeness (QED) is 0.140.